The van der Waals surface area contributed by atoms with E-state index in [1.165, 1.54) is 0 Å². The minimum atomic E-state index is -1.14. The maximum Gasteiger partial charge on any atom is 0.326 e. The molecule has 0 aliphatic carbocycles. The van der Waals surface area contributed by atoms with E-state index in [-0.39, 0.29) is 19.1 Å². The van der Waals surface area contributed by atoms with E-state index in [1.807, 2.05) is 6.92 Å². The first-order valence-corrected chi connectivity index (χ1v) is 6.42. The highest BCUT2D eigenvalue weighted by molar-refractivity contribution is 5.82. The molecule has 0 aliphatic heterocycles. The van der Waals surface area contributed by atoms with Crippen molar-refractivity contribution in [3.8, 4) is 0 Å². The lowest BCUT2D eigenvalue weighted by Gasteiger charge is -2.17. The molecular formula is C12H24N2O4. The molecule has 6 heteroatoms. The van der Waals surface area contributed by atoms with Crippen LogP contribution >= 0.6 is 0 Å². The summed E-state index contributed by atoms with van der Waals surface area (Å²) in [6.07, 6.45) is 4.16. The largest absolute Gasteiger partial charge is 0.480 e. The van der Waals surface area contributed by atoms with Gasteiger partial charge in [-0.05, 0) is 13.3 Å². The highest BCUT2D eigenvalue weighted by atomic mass is 16.4. The minimum absolute atomic E-state index is 0.00691. The third-order valence-electron chi connectivity index (χ3n) is 2.64. The Bertz CT molecular complexity index is 258. The van der Waals surface area contributed by atoms with Crippen LogP contribution in [0.3, 0.4) is 0 Å². The smallest absolute Gasteiger partial charge is 0.326 e. The van der Waals surface area contributed by atoms with Gasteiger partial charge < -0.3 is 20.8 Å². The first-order valence-electron chi connectivity index (χ1n) is 6.42. The molecule has 2 atom stereocenters. The lowest BCUT2D eigenvalue weighted by molar-refractivity contribution is -0.139. The Morgan fingerprint density at radius 1 is 1.17 bits per heavy atom. The van der Waals surface area contributed by atoms with Gasteiger partial charge >= 0.3 is 12.0 Å². The molecule has 2 unspecified atom stereocenters. The molecular weight excluding hydrogens is 236 g/mol. The van der Waals surface area contributed by atoms with Gasteiger partial charge in [0.25, 0.3) is 0 Å². The summed E-state index contributed by atoms with van der Waals surface area (Å²) in [7, 11) is 0. The van der Waals surface area contributed by atoms with E-state index in [1.54, 1.807) is 0 Å². The summed E-state index contributed by atoms with van der Waals surface area (Å²) >= 11 is 0. The molecule has 0 rings (SSSR count). The number of rotatable bonds is 9. The van der Waals surface area contributed by atoms with E-state index >= 15 is 0 Å². The number of aliphatic carboxylic acids is 1. The molecule has 0 fully saturated rings. The monoisotopic (exact) mass is 260 g/mol. The van der Waals surface area contributed by atoms with Gasteiger partial charge in [0.15, 0.2) is 0 Å². The van der Waals surface area contributed by atoms with E-state index in [4.69, 9.17) is 10.2 Å². The summed E-state index contributed by atoms with van der Waals surface area (Å²) < 4.78 is 0. The molecule has 0 radical (unpaired) electrons. The Kier molecular flexibility index (Phi) is 9.00. The van der Waals surface area contributed by atoms with Gasteiger partial charge in [-0.1, -0.05) is 26.2 Å². The standard InChI is InChI=1S/C12H24N2O4/c1-3-4-5-6-9(2)13-12(18)14-10(7-8-15)11(16)17/h9-10,15H,3-8H2,1-2H3,(H,16,17)(H2,13,14,18). The van der Waals surface area contributed by atoms with Crippen LogP contribution in [0.15, 0.2) is 0 Å². The average Bonchev–Trinajstić information content (AvgIpc) is 2.28. The van der Waals surface area contributed by atoms with Gasteiger partial charge in [0.05, 0.1) is 0 Å². The molecule has 0 aliphatic rings. The van der Waals surface area contributed by atoms with Crippen LogP contribution in [0.5, 0.6) is 0 Å². The number of unbranched alkanes of at least 4 members (excludes halogenated alkanes) is 2. The molecule has 4 N–H and O–H groups in total. The van der Waals surface area contributed by atoms with Gasteiger partial charge in [0.1, 0.15) is 6.04 Å². The Balaban J connectivity index is 3.96. The fourth-order valence-electron chi connectivity index (χ4n) is 1.58. The molecule has 0 aromatic carbocycles. The maximum absolute atomic E-state index is 11.5. The third kappa shape index (κ3) is 7.89. The summed E-state index contributed by atoms with van der Waals surface area (Å²) in [4.78, 5) is 22.3. The molecule has 0 aromatic rings. The fourth-order valence-corrected chi connectivity index (χ4v) is 1.58. The van der Waals surface area contributed by atoms with Crippen LogP contribution < -0.4 is 10.6 Å². The first kappa shape index (κ1) is 16.7. The van der Waals surface area contributed by atoms with Crippen molar-refractivity contribution in [3.05, 3.63) is 0 Å². The van der Waals surface area contributed by atoms with Gasteiger partial charge in [-0.25, -0.2) is 9.59 Å². The molecule has 18 heavy (non-hydrogen) atoms. The number of amides is 2. The van der Waals surface area contributed by atoms with Gasteiger partial charge in [0.2, 0.25) is 0 Å². The summed E-state index contributed by atoms with van der Waals surface area (Å²) in [6.45, 7) is 3.72. The Labute approximate surface area is 108 Å². The summed E-state index contributed by atoms with van der Waals surface area (Å²) in [5.41, 5.74) is 0. The van der Waals surface area contributed by atoms with E-state index in [9.17, 15) is 9.59 Å². The highest BCUT2D eigenvalue weighted by Crippen LogP contribution is 2.02. The number of carboxylic acids is 1. The van der Waals surface area contributed by atoms with E-state index in [0.29, 0.717) is 0 Å². The summed E-state index contributed by atoms with van der Waals surface area (Å²) in [5.74, 6) is -1.14. The molecule has 0 spiro atoms. The van der Waals surface area contributed by atoms with Gasteiger partial charge in [-0.15, -0.1) is 0 Å². The van der Waals surface area contributed by atoms with Crippen molar-refractivity contribution in [1.29, 1.82) is 0 Å². The quantitative estimate of drug-likeness (QED) is 0.466. The van der Waals surface area contributed by atoms with E-state index in [0.717, 1.165) is 25.7 Å². The SMILES string of the molecule is CCCCCC(C)NC(=O)NC(CCO)C(=O)O. The molecule has 106 valence electrons. The minimum Gasteiger partial charge on any atom is -0.480 e. The molecule has 0 saturated heterocycles. The second kappa shape index (κ2) is 9.70. The number of hydrogen-bond donors (Lipinski definition) is 4. The number of carboxylic acid groups (broad SMARTS) is 1. The third-order valence-corrected chi connectivity index (χ3v) is 2.64. The molecule has 2 amide bonds. The summed E-state index contributed by atoms with van der Waals surface area (Å²) in [6, 6.07) is -1.53. The van der Waals surface area contributed by atoms with Crippen molar-refractivity contribution in [2.24, 2.45) is 0 Å². The fraction of sp³-hybridized carbons (Fsp3) is 0.833. The number of carbonyl (C=O) groups excluding carboxylic acids is 1. The zero-order valence-corrected chi connectivity index (χ0v) is 11.1. The van der Waals surface area contributed by atoms with Crippen LogP contribution in [0, 0.1) is 0 Å². The van der Waals surface area contributed by atoms with Gasteiger partial charge in [-0.2, -0.15) is 0 Å². The molecule has 6 nitrogen and oxygen atoms in total. The van der Waals surface area contributed by atoms with E-state index < -0.39 is 18.0 Å². The van der Waals surface area contributed by atoms with Crippen LogP contribution in [-0.2, 0) is 4.79 Å². The van der Waals surface area contributed by atoms with Crippen LogP contribution in [0.2, 0.25) is 0 Å². The molecule has 0 heterocycles. The molecule has 0 saturated carbocycles. The number of aliphatic hydroxyl groups excluding tert-OH is 1. The first-order chi connectivity index (χ1) is 8.51. The van der Waals surface area contributed by atoms with E-state index in [2.05, 4.69) is 17.6 Å². The maximum atomic E-state index is 11.5. The number of aliphatic hydroxyl groups is 1. The number of urea groups is 1. The number of hydrogen-bond acceptors (Lipinski definition) is 3. The Morgan fingerprint density at radius 3 is 2.33 bits per heavy atom. The van der Waals surface area contributed by atoms with Crippen molar-refractivity contribution < 1.29 is 19.8 Å². The Hall–Kier alpha value is -1.30. The molecule has 0 bridgehead atoms. The topological polar surface area (TPSA) is 98.7 Å². The number of carbonyl (C=O) groups is 2. The van der Waals surface area contributed by atoms with Crippen molar-refractivity contribution in [1.82, 2.24) is 10.6 Å². The average molecular weight is 260 g/mol. The Morgan fingerprint density at radius 2 is 1.83 bits per heavy atom. The summed E-state index contributed by atoms with van der Waals surface area (Å²) in [5, 5.41) is 22.5. The van der Waals surface area contributed by atoms with Crippen LogP contribution in [0.1, 0.15) is 46.0 Å². The molecule has 0 aromatic heterocycles. The van der Waals surface area contributed by atoms with Crippen molar-refractivity contribution >= 4 is 12.0 Å². The van der Waals surface area contributed by atoms with Crippen molar-refractivity contribution in [2.75, 3.05) is 6.61 Å². The van der Waals surface area contributed by atoms with Gasteiger partial charge in [-0.3, -0.25) is 0 Å². The lowest BCUT2D eigenvalue weighted by Crippen LogP contribution is -2.48. The lowest BCUT2D eigenvalue weighted by atomic mass is 10.1. The predicted octanol–water partition coefficient (Wildman–Crippen LogP) is 1.09. The zero-order chi connectivity index (χ0) is 14.0. The van der Waals surface area contributed by atoms with Gasteiger partial charge in [0, 0.05) is 19.1 Å². The van der Waals surface area contributed by atoms with Crippen LogP contribution in [0.25, 0.3) is 0 Å². The normalized spacial score (nSPS) is 13.7. The second-order valence-corrected chi connectivity index (χ2v) is 4.42. The number of nitrogens with one attached hydrogen (secondary N) is 2. The van der Waals surface area contributed by atoms with Crippen LogP contribution in [-0.4, -0.2) is 40.9 Å². The highest BCUT2D eigenvalue weighted by Gasteiger charge is 2.19. The van der Waals surface area contributed by atoms with Crippen molar-refractivity contribution in [3.63, 3.8) is 0 Å². The van der Waals surface area contributed by atoms with Crippen LogP contribution in [0.4, 0.5) is 4.79 Å². The zero-order valence-electron chi connectivity index (χ0n) is 11.1. The predicted molar refractivity (Wildman–Crippen MR) is 68.4 cm³/mol. The van der Waals surface area contributed by atoms with Crippen molar-refractivity contribution in [2.45, 2.75) is 58.0 Å². The second-order valence-electron chi connectivity index (χ2n) is 4.42.